The van der Waals surface area contributed by atoms with Crippen LogP contribution in [-0.2, 0) is 0 Å². The lowest BCUT2D eigenvalue weighted by molar-refractivity contribution is 0.293. The lowest BCUT2D eigenvalue weighted by Gasteiger charge is -2.07. The SMILES string of the molecule is CCCCCCCOc1nc(Cl)c(Cl)cc1Cl. The van der Waals surface area contributed by atoms with Gasteiger partial charge in [0.2, 0.25) is 5.88 Å². The number of nitrogens with zero attached hydrogens (tertiary/aromatic N) is 1. The first-order chi connectivity index (χ1) is 8.15. The van der Waals surface area contributed by atoms with Gasteiger partial charge in [0.15, 0.2) is 5.15 Å². The number of hydrogen-bond donors (Lipinski definition) is 0. The van der Waals surface area contributed by atoms with Gasteiger partial charge >= 0.3 is 0 Å². The molecule has 1 heterocycles. The van der Waals surface area contributed by atoms with E-state index in [2.05, 4.69) is 11.9 Å². The Morgan fingerprint density at radius 3 is 2.47 bits per heavy atom. The number of halogens is 3. The second-order valence-electron chi connectivity index (χ2n) is 3.81. The Kier molecular flexibility index (Phi) is 7.02. The molecule has 5 heteroatoms. The van der Waals surface area contributed by atoms with Gasteiger partial charge in [0.1, 0.15) is 5.02 Å². The number of unbranched alkanes of at least 4 members (excludes halogenated alkanes) is 4. The van der Waals surface area contributed by atoms with Gasteiger partial charge in [0.05, 0.1) is 11.6 Å². The molecule has 0 bridgehead atoms. The normalized spacial score (nSPS) is 10.6. The minimum Gasteiger partial charge on any atom is -0.477 e. The molecule has 1 aromatic rings. The molecule has 96 valence electrons. The van der Waals surface area contributed by atoms with E-state index in [4.69, 9.17) is 39.5 Å². The molecule has 0 unspecified atom stereocenters. The summed E-state index contributed by atoms with van der Waals surface area (Å²) in [4.78, 5) is 3.99. The predicted molar refractivity (Wildman–Crippen MR) is 73.5 cm³/mol. The molecule has 0 saturated heterocycles. The Balaban J connectivity index is 2.34. The van der Waals surface area contributed by atoms with Crippen LogP contribution in [0, 0.1) is 0 Å². The van der Waals surface area contributed by atoms with E-state index in [1.165, 1.54) is 19.3 Å². The molecule has 0 aliphatic heterocycles. The molecule has 0 saturated carbocycles. The van der Waals surface area contributed by atoms with Crippen molar-refractivity contribution < 1.29 is 4.74 Å². The van der Waals surface area contributed by atoms with Gasteiger partial charge in [-0.1, -0.05) is 67.4 Å². The van der Waals surface area contributed by atoms with Crippen molar-refractivity contribution in [2.24, 2.45) is 0 Å². The Hall–Kier alpha value is -0.180. The van der Waals surface area contributed by atoms with Crippen LogP contribution < -0.4 is 4.74 Å². The topological polar surface area (TPSA) is 22.1 Å². The third kappa shape index (κ3) is 5.33. The van der Waals surface area contributed by atoms with E-state index < -0.39 is 0 Å². The Labute approximate surface area is 117 Å². The quantitative estimate of drug-likeness (QED) is 0.497. The van der Waals surface area contributed by atoms with Crippen LogP contribution in [0.5, 0.6) is 5.88 Å². The van der Waals surface area contributed by atoms with Gasteiger partial charge in [0.25, 0.3) is 0 Å². The van der Waals surface area contributed by atoms with Gasteiger partial charge in [-0.15, -0.1) is 0 Å². The third-order valence-electron chi connectivity index (χ3n) is 2.34. The molecule has 2 nitrogen and oxygen atoms in total. The minimum absolute atomic E-state index is 0.219. The summed E-state index contributed by atoms with van der Waals surface area (Å²) in [5.74, 6) is 0.358. The van der Waals surface area contributed by atoms with E-state index >= 15 is 0 Å². The summed E-state index contributed by atoms with van der Waals surface area (Å²) in [6, 6.07) is 1.55. The van der Waals surface area contributed by atoms with Crippen molar-refractivity contribution in [3.63, 3.8) is 0 Å². The van der Waals surface area contributed by atoms with Crippen molar-refractivity contribution in [1.29, 1.82) is 0 Å². The van der Waals surface area contributed by atoms with Crippen molar-refractivity contribution in [3.8, 4) is 5.88 Å². The van der Waals surface area contributed by atoms with E-state index in [-0.39, 0.29) is 5.15 Å². The van der Waals surface area contributed by atoms with Crippen LogP contribution in [0.1, 0.15) is 39.0 Å². The lowest BCUT2D eigenvalue weighted by atomic mass is 10.2. The van der Waals surface area contributed by atoms with Gasteiger partial charge in [-0.3, -0.25) is 0 Å². The zero-order valence-electron chi connectivity index (χ0n) is 9.81. The number of aromatic nitrogens is 1. The van der Waals surface area contributed by atoms with Gasteiger partial charge in [0, 0.05) is 0 Å². The van der Waals surface area contributed by atoms with Crippen LogP contribution in [0.4, 0.5) is 0 Å². The van der Waals surface area contributed by atoms with Crippen LogP contribution in [0.3, 0.4) is 0 Å². The van der Waals surface area contributed by atoms with Crippen molar-refractivity contribution in [1.82, 2.24) is 4.98 Å². The fourth-order valence-corrected chi connectivity index (χ4v) is 1.95. The average Bonchev–Trinajstić information content (AvgIpc) is 2.30. The molecular formula is C12H16Cl3NO. The van der Waals surface area contributed by atoms with Crippen LogP contribution >= 0.6 is 34.8 Å². The second kappa shape index (κ2) is 8.02. The molecule has 0 spiro atoms. The van der Waals surface area contributed by atoms with Crippen LogP contribution in [-0.4, -0.2) is 11.6 Å². The third-order valence-corrected chi connectivity index (χ3v) is 3.28. The van der Waals surface area contributed by atoms with Crippen molar-refractivity contribution >= 4 is 34.8 Å². The molecule has 1 aromatic heterocycles. The molecule has 0 N–H and O–H groups in total. The molecule has 0 fully saturated rings. The Morgan fingerprint density at radius 1 is 1.06 bits per heavy atom. The van der Waals surface area contributed by atoms with Gasteiger partial charge in [-0.05, 0) is 12.5 Å². The molecule has 0 amide bonds. The summed E-state index contributed by atoms with van der Waals surface area (Å²) in [6.07, 6.45) is 5.90. The molecular weight excluding hydrogens is 280 g/mol. The molecule has 0 aliphatic carbocycles. The minimum atomic E-state index is 0.219. The predicted octanol–water partition coefficient (Wildman–Crippen LogP) is 5.39. The van der Waals surface area contributed by atoms with Gasteiger partial charge in [-0.2, -0.15) is 4.98 Å². The highest BCUT2D eigenvalue weighted by Crippen LogP contribution is 2.30. The molecule has 0 aromatic carbocycles. The summed E-state index contributed by atoms with van der Waals surface area (Å²) in [6.45, 7) is 2.80. The Morgan fingerprint density at radius 2 is 1.76 bits per heavy atom. The van der Waals surface area contributed by atoms with Gasteiger partial charge < -0.3 is 4.74 Å². The first-order valence-electron chi connectivity index (χ1n) is 5.79. The highest BCUT2D eigenvalue weighted by atomic mass is 35.5. The first kappa shape index (κ1) is 14.9. The number of pyridine rings is 1. The maximum Gasteiger partial charge on any atom is 0.234 e. The second-order valence-corrected chi connectivity index (χ2v) is 4.98. The fraction of sp³-hybridized carbons (Fsp3) is 0.583. The summed E-state index contributed by atoms with van der Waals surface area (Å²) in [5, 5.41) is 0.956. The van der Waals surface area contributed by atoms with E-state index in [0.29, 0.717) is 22.5 Å². The molecule has 0 radical (unpaired) electrons. The standard InChI is InChI=1S/C12H16Cl3NO/c1-2-3-4-5-6-7-17-12-10(14)8-9(13)11(15)16-12/h8H,2-7H2,1H3. The fourth-order valence-electron chi connectivity index (χ4n) is 1.40. The molecule has 0 atom stereocenters. The van der Waals surface area contributed by atoms with E-state index in [1.54, 1.807) is 6.07 Å². The maximum atomic E-state index is 5.93. The monoisotopic (exact) mass is 295 g/mol. The average molecular weight is 297 g/mol. The maximum absolute atomic E-state index is 5.93. The Bertz CT molecular complexity index is 358. The molecule has 0 aliphatic rings. The molecule has 17 heavy (non-hydrogen) atoms. The summed E-state index contributed by atoms with van der Waals surface area (Å²) < 4.78 is 5.47. The first-order valence-corrected chi connectivity index (χ1v) is 6.93. The van der Waals surface area contributed by atoms with Crippen molar-refractivity contribution in [2.75, 3.05) is 6.61 Å². The van der Waals surface area contributed by atoms with E-state index in [0.717, 1.165) is 12.8 Å². The van der Waals surface area contributed by atoms with E-state index in [1.807, 2.05) is 0 Å². The lowest BCUT2D eigenvalue weighted by Crippen LogP contribution is -2.00. The number of hydrogen-bond acceptors (Lipinski definition) is 2. The smallest absolute Gasteiger partial charge is 0.234 e. The number of ether oxygens (including phenoxy) is 1. The summed E-state index contributed by atoms with van der Waals surface area (Å²) in [5.41, 5.74) is 0. The number of rotatable bonds is 7. The largest absolute Gasteiger partial charge is 0.477 e. The van der Waals surface area contributed by atoms with Crippen LogP contribution in [0.2, 0.25) is 15.2 Å². The summed E-state index contributed by atoms with van der Waals surface area (Å²) >= 11 is 17.5. The van der Waals surface area contributed by atoms with Crippen molar-refractivity contribution in [2.45, 2.75) is 39.0 Å². The zero-order chi connectivity index (χ0) is 12.7. The van der Waals surface area contributed by atoms with Crippen LogP contribution in [0.25, 0.3) is 0 Å². The van der Waals surface area contributed by atoms with Gasteiger partial charge in [-0.25, -0.2) is 0 Å². The highest BCUT2D eigenvalue weighted by molar-refractivity contribution is 6.42. The van der Waals surface area contributed by atoms with Crippen LogP contribution in [0.15, 0.2) is 6.07 Å². The van der Waals surface area contributed by atoms with Crippen molar-refractivity contribution in [3.05, 3.63) is 21.3 Å². The zero-order valence-corrected chi connectivity index (χ0v) is 12.1. The molecule has 1 rings (SSSR count). The highest BCUT2D eigenvalue weighted by Gasteiger charge is 2.08. The summed E-state index contributed by atoms with van der Waals surface area (Å²) in [7, 11) is 0. The van der Waals surface area contributed by atoms with E-state index in [9.17, 15) is 0 Å².